The minimum atomic E-state index is -0.879. The molecule has 3 rings (SSSR count). The molecule has 7 heteroatoms. The molecule has 0 saturated heterocycles. The lowest BCUT2D eigenvalue weighted by Gasteiger charge is -2.13. The van der Waals surface area contributed by atoms with Crippen molar-refractivity contribution in [2.75, 3.05) is 0 Å². The Hall–Kier alpha value is -3.66. The minimum Gasteiger partial charge on any atom is -0.486 e. The van der Waals surface area contributed by atoms with Crippen molar-refractivity contribution in [2.45, 2.75) is 32.4 Å². The predicted molar refractivity (Wildman–Crippen MR) is 106 cm³/mol. The SMILES string of the molecule is CC(CCc1ccc(F)c(F)c1)NC(=O)c1ccc(COc2ccc(C#N)cc2)o1. The Bertz CT molecular complexity index is 1060. The number of furan rings is 1. The number of amides is 1. The van der Waals surface area contributed by atoms with E-state index >= 15 is 0 Å². The molecule has 0 saturated carbocycles. The summed E-state index contributed by atoms with van der Waals surface area (Å²) >= 11 is 0. The molecule has 1 atom stereocenters. The number of hydrogen-bond donors (Lipinski definition) is 1. The van der Waals surface area contributed by atoms with Gasteiger partial charge in [0.25, 0.3) is 5.91 Å². The summed E-state index contributed by atoms with van der Waals surface area (Å²) < 4.78 is 37.3. The molecule has 0 aliphatic rings. The molecule has 1 aromatic heterocycles. The second kappa shape index (κ2) is 9.70. The number of nitrogens with one attached hydrogen (secondary N) is 1. The minimum absolute atomic E-state index is 0.144. The van der Waals surface area contributed by atoms with Gasteiger partial charge in [-0.05, 0) is 73.9 Å². The van der Waals surface area contributed by atoms with Crippen LogP contribution in [0.1, 0.15) is 40.8 Å². The van der Waals surface area contributed by atoms with Crippen LogP contribution in [0.25, 0.3) is 0 Å². The fourth-order valence-corrected chi connectivity index (χ4v) is 2.80. The molecule has 5 nitrogen and oxygen atoms in total. The zero-order chi connectivity index (χ0) is 21.5. The van der Waals surface area contributed by atoms with Crippen LogP contribution < -0.4 is 10.1 Å². The zero-order valence-corrected chi connectivity index (χ0v) is 16.3. The number of carbonyl (C=O) groups is 1. The topological polar surface area (TPSA) is 75.3 Å². The smallest absolute Gasteiger partial charge is 0.287 e. The molecule has 0 bridgehead atoms. The molecule has 1 unspecified atom stereocenters. The van der Waals surface area contributed by atoms with Crippen LogP contribution in [0.2, 0.25) is 0 Å². The van der Waals surface area contributed by atoms with Crippen molar-refractivity contribution in [3.63, 3.8) is 0 Å². The highest BCUT2D eigenvalue weighted by molar-refractivity contribution is 5.91. The highest BCUT2D eigenvalue weighted by atomic mass is 19.2. The lowest BCUT2D eigenvalue weighted by atomic mass is 10.1. The second-order valence-corrected chi connectivity index (χ2v) is 6.85. The van der Waals surface area contributed by atoms with Crippen molar-refractivity contribution in [3.05, 3.63) is 88.9 Å². The van der Waals surface area contributed by atoms with Crippen molar-refractivity contribution in [1.82, 2.24) is 5.32 Å². The summed E-state index contributed by atoms with van der Waals surface area (Å²) in [7, 11) is 0. The molecule has 1 amide bonds. The average Bonchev–Trinajstić information content (AvgIpc) is 3.23. The molecule has 154 valence electrons. The van der Waals surface area contributed by atoms with Gasteiger partial charge in [-0.1, -0.05) is 6.07 Å². The quantitative estimate of drug-likeness (QED) is 0.581. The summed E-state index contributed by atoms with van der Waals surface area (Å²) in [6, 6.07) is 15.5. The van der Waals surface area contributed by atoms with Crippen LogP contribution in [0.3, 0.4) is 0 Å². The Morgan fingerprint density at radius 3 is 2.60 bits per heavy atom. The molecular formula is C23H20F2N2O3. The molecule has 0 aliphatic heterocycles. The highest BCUT2D eigenvalue weighted by Crippen LogP contribution is 2.16. The summed E-state index contributed by atoms with van der Waals surface area (Å²) in [4.78, 5) is 12.3. The number of rotatable bonds is 8. The summed E-state index contributed by atoms with van der Waals surface area (Å²) in [5.74, 6) is -0.890. The molecular weight excluding hydrogens is 390 g/mol. The summed E-state index contributed by atoms with van der Waals surface area (Å²) in [5, 5.41) is 11.6. The van der Waals surface area contributed by atoms with Gasteiger partial charge in [0.15, 0.2) is 17.4 Å². The van der Waals surface area contributed by atoms with E-state index < -0.39 is 11.6 Å². The zero-order valence-electron chi connectivity index (χ0n) is 16.3. The van der Waals surface area contributed by atoms with Crippen molar-refractivity contribution < 1.29 is 22.7 Å². The Kier molecular flexibility index (Phi) is 6.81. The first kappa shape index (κ1) is 21.1. The lowest BCUT2D eigenvalue weighted by Crippen LogP contribution is -2.32. The molecule has 1 heterocycles. The molecule has 0 fully saturated rings. The predicted octanol–water partition coefficient (Wildman–Crippen LogP) is 4.76. The molecule has 0 spiro atoms. The third kappa shape index (κ3) is 5.67. The molecule has 1 N–H and O–H groups in total. The number of hydrogen-bond acceptors (Lipinski definition) is 4. The fraction of sp³-hybridized carbons (Fsp3) is 0.217. The van der Waals surface area contributed by atoms with E-state index in [-0.39, 0.29) is 24.3 Å². The molecule has 0 radical (unpaired) electrons. The molecule has 0 aliphatic carbocycles. The Labute approximate surface area is 172 Å². The van der Waals surface area contributed by atoms with Crippen molar-refractivity contribution >= 4 is 5.91 Å². The maximum absolute atomic E-state index is 13.3. The monoisotopic (exact) mass is 410 g/mol. The van der Waals surface area contributed by atoms with E-state index in [1.807, 2.05) is 13.0 Å². The van der Waals surface area contributed by atoms with Gasteiger partial charge < -0.3 is 14.5 Å². The van der Waals surface area contributed by atoms with Crippen molar-refractivity contribution in [3.8, 4) is 11.8 Å². The van der Waals surface area contributed by atoms with Crippen LogP contribution in [0.15, 0.2) is 59.0 Å². The van der Waals surface area contributed by atoms with Gasteiger partial charge in [-0.15, -0.1) is 0 Å². The molecule has 2 aromatic carbocycles. The van der Waals surface area contributed by atoms with Crippen LogP contribution in [-0.2, 0) is 13.0 Å². The summed E-state index contributed by atoms with van der Waals surface area (Å²) in [6.45, 7) is 1.97. The van der Waals surface area contributed by atoms with Crippen molar-refractivity contribution in [2.24, 2.45) is 0 Å². The normalized spacial score (nSPS) is 11.5. The van der Waals surface area contributed by atoms with Crippen LogP contribution in [0.4, 0.5) is 8.78 Å². The van der Waals surface area contributed by atoms with Gasteiger partial charge in [-0.2, -0.15) is 5.26 Å². The lowest BCUT2D eigenvalue weighted by molar-refractivity contribution is 0.0906. The maximum atomic E-state index is 13.3. The Balaban J connectivity index is 1.47. The standard InChI is InChI=1S/C23H20F2N2O3/c1-15(2-3-16-6-10-20(24)21(25)12-16)27-23(28)22-11-9-19(30-22)14-29-18-7-4-17(13-26)5-8-18/h4-12,15H,2-3,14H2,1H3,(H,27,28). The number of nitrogens with zero attached hydrogens (tertiary/aromatic N) is 1. The highest BCUT2D eigenvalue weighted by Gasteiger charge is 2.15. The Morgan fingerprint density at radius 1 is 1.13 bits per heavy atom. The van der Waals surface area contributed by atoms with E-state index in [1.54, 1.807) is 36.4 Å². The maximum Gasteiger partial charge on any atom is 0.287 e. The van der Waals surface area contributed by atoms with E-state index in [2.05, 4.69) is 5.32 Å². The first-order valence-electron chi connectivity index (χ1n) is 9.41. The van der Waals surface area contributed by atoms with Crippen LogP contribution in [0.5, 0.6) is 5.75 Å². The van der Waals surface area contributed by atoms with Gasteiger partial charge in [0, 0.05) is 6.04 Å². The van der Waals surface area contributed by atoms with Gasteiger partial charge in [0.1, 0.15) is 18.1 Å². The van der Waals surface area contributed by atoms with E-state index in [0.717, 1.165) is 12.1 Å². The van der Waals surface area contributed by atoms with Gasteiger partial charge in [0.2, 0.25) is 0 Å². The van der Waals surface area contributed by atoms with Gasteiger partial charge >= 0.3 is 0 Å². The van der Waals surface area contributed by atoms with Crippen LogP contribution in [0, 0.1) is 23.0 Å². The Morgan fingerprint density at radius 2 is 1.90 bits per heavy atom. The van der Waals surface area contributed by atoms with Gasteiger partial charge in [-0.3, -0.25) is 4.79 Å². The number of ether oxygens (including phenoxy) is 1. The molecule has 30 heavy (non-hydrogen) atoms. The van der Waals surface area contributed by atoms with Gasteiger partial charge in [-0.25, -0.2) is 8.78 Å². The molecule has 3 aromatic rings. The third-order valence-corrected chi connectivity index (χ3v) is 4.48. The number of halogens is 2. The number of aryl methyl sites for hydroxylation is 1. The number of carbonyl (C=O) groups excluding carboxylic acids is 1. The third-order valence-electron chi connectivity index (χ3n) is 4.48. The first-order chi connectivity index (χ1) is 14.4. The van der Waals surface area contributed by atoms with Crippen LogP contribution in [-0.4, -0.2) is 11.9 Å². The van der Waals surface area contributed by atoms with E-state index in [4.69, 9.17) is 14.4 Å². The van der Waals surface area contributed by atoms with Crippen molar-refractivity contribution in [1.29, 1.82) is 5.26 Å². The summed E-state index contributed by atoms with van der Waals surface area (Å²) in [6.07, 6.45) is 1.06. The largest absolute Gasteiger partial charge is 0.486 e. The van der Waals surface area contributed by atoms with E-state index in [0.29, 0.717) is 35.5 Å². The first-order valence-corrected chi connectivity index (χ1v) is 9.41. The van der Waals surface area contributed by atoms with E-state index in [9.17, 15) is 13.6 Å². The second-order valence-electron chi connectivity index (χ2n) is 6.85. The van der Waals surface area contributed by atoms with Gasteiger partial charge in [0.05, 0.1) is 11.6 Å². The fourth-order valence-electron chi connectivity index (χ4n) is 2.80. The number of benzene rings is 2. The summed E-state index contributed by atoms with van der Waals surface area (Å²) in [5.41, 5.74) is 1.20. The van der Waals surface area contributed by atoms with E-state index in [1.165, 1.54) is 6.07 Å². The number of nitriles is 1. The average molecular weight is 410 g/mol. The van der Waals surface area contributed by atoms with Crippen LogP contribution >= 0.6 is 0 Å².